The van der Waals surface area contributed by atoms with Crippen LogP contribution in [0.2, 0.25) is 0 Å². The van der Waals surface area contributed by atoms with E-state index in [1.807, 2.05) is 54.2 Å². The molecular weight excluding hydrogens is 591 g/mol. The molecule has 0 saturated carbocycles. The molecule has 0 spiro atoms. The van der Waals surface area contributed by atoms with Gasteiger partial charge in [-0.25, -0.2) is 0 Å². The lowest BCUT2D eigenvalue weighted by molar-refractivity contribution is 0.0640. The molecule has 0 aliphatic carbocycles. The first-order valence-electron chi connectivity index (χ1n) is 14.7. The van der Waals surface area contributed by atoms with Crippen LogP contribution in [0.5, 0.6) is 0 Å². The fourth-order valence-electron chi connectivity index (χ4n) is 6.80. The number of benzene rings is 4. The van der Waals surface area contributed by atoms with Crippen molar-refractivity contribution in [1.82, 2.24) is 14.7 Å². The van der Waals surface area contributed by atoms with Gasteiger partial charge in [0.25, 0.3) is 23.6 Å². The first-order chi connectivity index (χ1) is 21.4. The lowest BCUT2D eigenvalue weighted by Gasteiger charge is -2.20. The van der Waals surface area contributed by atoms with Crippen LogP contribution in [0.1, 0.15) is 54.3 Å². The Labute approximate surface area is 260 Å². The van der Waals surface area contributed by atoms with Gasteiger partial charge in [-0.3, -0.25) is 29.0 Å². The highest BCUT2D eigenvalue weighted by atomic mass is 32.1. The molecule has 7 nitrogen and oxygen atoms in total. The van der Waals surface area contributed by atoms with E-state index in [0.717, 1.165) is 41.7 Å². The second kappa shape index (κ2) is 10.3. The molecule has 0 bridgehead atoms. The minimum atomic E-state index is -0.236. The topological polar surface area (TPSA) is 78.0 Å². The zero-order chi connectivity index (χ0) is 30.1. The van der Waals surface area contributed by atoms with E-state index in [-0.39, 0.29) is 23.6 Å². The molecular formula is C35H27N3O4S2. The fraction of sp³-hybridized carbons (Fsp3) is 0.200. The first-order valence-corrected chi connectivity index (χ1v) is 16.4. The number of hydrogen-bond donors (Lipinski definition) is 0. The summed E-state index contributed by atoms with van der Waals surface area (Å²) < 4.78 is 2.20. The van der Waals surface area contributed by atoms with Crippen LogP contribution in [0.25, 0.3) is 41.7 Å². The van der Waals surface area contributed by atoms with Crippen molar-refractivity contribution >= 4 is 88.0 Å². The summed E-state index contributed by atoms with van der Waals surface area (Å²) in [5, 5.41) is 9.69. The van der Waals surface area contributed by atoms with Crippen molar-refractivity contribution < 1.29 is 19.2 Å². The molecule has 0 atom stereocenters. The Bertz CT molecular complexity index is 2060. The smallest absolute Gasteiger partial charge is 0.262 e. The highest BCUT2D eigenvalue weighted by Crippen LogP contribution is 2.38. The second-order valence-electron chi connectivity index (χ2n) is 11.5. The third-order valence-corrected chi connectivity index (χ3v) is 10.7. The minimum Gasteiger partial charge on any atom is -0.306 e. The van der Waals surface area contributed by atoms with Gasteiger partial charge < -0.3 is 4.90 Å². The average molecular weight is 618 g/mol. The van der Waals surface area contributed by atoms with Crippen molar-refractivity contribution in [3.8, 4) is 0 Å². The summed E-state index contributed by atoms with van der Waals surface area (Å²) in [7, 11) is 1.98. The largest absolute Gasteiger partial charge is 0.306 e. The standard InChI is InChI=1S/C35H27N3O4S2/c1-36(14-2-16-37-32(39)24-8-4-20-6-10-26-22(12-18-43-26)28(20)30(24)34(37)41)15-3-17-38-33(40)25-9-5-21-7-11-27-23(13-19-44-27)29(21)31(25)35(38)42/h4-13,18-19H,2-3,14-17H2,1H3. The van der Waals surface area contributed by atoms with Crippen molar-refractivity contribution in [2.24, 2.45) is 0 Å². The summed E-state index contributed by atoms with van der Waals surface area (Å²) in [6, 6.07) is 19.6. The summed E-state index contributed by atoms with van der Waals surface area (Å²) >= 11 is 3.25. The number of rotatable bonds is 8. The van der Waals surface area contributed by atoms with E-state index in [0.29, 0.717) is 61.3 Å². The van der Waals surface area contributed by atoms with Crippen LogP contribution in [-0.2, 0) is 0 Å². The molecule has 0 saturated heterocycles. The van der Waals surface area contributed by atoms with Crippen molar-refractivity contribution in [1.29, 1.82) is 0 Å². The highest BCUT2D eigenvalue weighted by Gasteiger charge is 2.38. The molecule has 8 rings (SSSR count). The van der Waals surface area contributed by atoms with E-state index in [9.17, 15) is 19.2 Å². The molecule has 4 amide bonds. The Morgan fingerprint density at radius 2 is 1.00 bits per heavy atom. The molecule has 2 aliphatic heterocycles. The van der Waals surface area contributed by atoms with Crippen LogP contribution in [0.3, 0.4) is 0 Å². The number of carbonyl (C=O) groups excluding carboxylic acids is 4. The second-order valence-corrected chi connectivity index (χ2v) is 13.4. The normalized spacial score (nSPS) is 14.9. The molecule has 0 fully saturated rings. The van der Waals surface area contributed by atoms with Crippen LogP contribution in [0.4, 0.5) is 0 Å². The van der Waals surface area contributed by atoms with Crippen LogP contribution >= 0.6 is 22.7 Å². The van der Waals surface area contributed by atoms with E-state index in [1.54, 1.807) is 34.8 Å². The Kier molecular flexibility index (Phi) is 6.37. The SMILES string of the molecule is CN(CCCN1C(=O)c2ccc3ccc4sccc4c3c2C1=O)CCCN1C(=O)c2ccc3ccc4sccc4c3c2C1=O. The van der Waals surface area contributed by atoms with Gasteiger partial charge in [0.15, 0.2) is 0 Å². The Hall–Kier alpha value is -4.44. The lowest BCUT2D eigenvalue weighted by Crippen LogP contribution is -2.34. The van der Waals surface area contributed by atoms with Gasteiger partial charge >= 0.3 is 0 Å². The van der Waals surface area contributed by atoms with E-state index >= 15 is 0 Å². The van der Waals surface area contributed by atoms with Crippen molar-refractivity contribution in [3.05, 3.63) is 93.7 Å². The third kappa shape index (κ3) is 4.03. The minimum absolute atomic E-state index is 0.227. The first kappa shape index (κ1) is 27.1. The maximum Gasteiger partial charge on any atom is 0.262 e. The number of imide groups is 2. The van der Waals surface area contributed by atoms with E-state index < -0.39 is 0 Å². The zero-order valence-electron chi connectivity index (χ0n) is 24.0. The van der Waals surface area contributed by atoms with E-state index in [2.05, 4.69) is 17.0 Å². The van der Waals surface area contributed by atoms with Crippen LogP contribution in [0.15, 0.2) is 71.4 Å². The summed E-state index contributed by atoms with van der Waals surface area (Å²) in [4.78, 5) is 58.3. The number of carbonyl (C=O) groups is 4. The van der Waals surface area contributed by atoms with Crippen molar-refractivity contribution in [2.75, 3.05) is 33.2 Å². The molecule has 4 heterocycles. The number of thiophene rings is 2. The van der Waals surface area contributed by atoms with Gasteiger partial charge in [-0.05, 0) is 90.9 Å². The Balaban J connectivity index is 0.901. The molecule has 6 aromatic rings. The number of nitrogens with zero attached hydrogens (tertiary/aromatic N) is 3. The van der Waals surface area contributed by atoms with Gasteiger partial charge in [0, 0.05) is 44.0 Å². The summed E-state index contributed by atoms with van der Waals surface area (Å²) in [6.45, 7) is 2.01. The summed E-state index contributed by atoms with van der Waals surface area (Å²) in [5.41, 5.74) is 1.97. The van der Waals surface area contributed by atoms with Crippen LogP contribution in [0, 0.1) is 0 Å². The molecule has 2 aromatic heterocycles. The molecule has 4 aromatic carbocycles. The van der Waals surface area contributed by atoms with Crippen molar-refractivity contribution in [3.63, 3.8) is 0 Å². The molecule has 44 heavy (non-hydrogen) atoms. The monoisotopic (exact) mass is 617 g/mol. The molecule has 0 radical (unpaired) electrons. The summed E-state index contributed by atoms with van der Waals surface area (Å²) in [6.07, 6.45) is 1.26. The third-order valence-electron chi connectivity index (χ3n) is 8.94. The molecule has 0 N–H and O–H groups in total. The van der Waals surface area contributed by atoms with Gasteiger partial charge in [0.05, 0.1) is 22.3 Å². The van der Waals surface area contributed by atoms with E-state index in [4.69, 9.17) is 0 Å². The van der Waals surface area contributed by atoms with Gasteiger partial charge in [-0.1, -0.05) is 24.3 Å². The Morgan fingerprint density at radius 3 is 1.45 bits per heavy atom. The maximum atomic E-state index is 13.5. The quantitative estimate of drug-likeness (QED) is 0.172. The molecule has 218 valence electrons. The zero-order valence-corrected chi connectivity index (χ0v) is 25.6. The van der Waals surface area contributed by atoms with Gasteiger partial charge in [-0.15, -0.1) is 22.7 Å². The van der Waals surface area contributed by atoms with Gasteiger partial charge in [0.1, 0.15) is 0 Å². The lowest BCUT2D eigenvalue weighted by atomic mass is 9.98. The van der Waals surface area contributed by atoms with Crippen LogP contribution in [-0.4, -0.2) is 71.6 Å². The number of amides is 4. The maximum absolute atomic E-state index is 13.5. The van der Waals surface area contributed by atoms with Crippen LogP contribution < -0.4 is 0 Å². The fourth-order valence-corrected chi connectivity index (χ4v) is 8.39. The predicted molar refractivity (Wildman–Crippen MR) is 176 cm³/mol. The number of fused-ring (bicyclic) bond motifs is 10. The molecule has 9 heteroatoms. The molecule has 0 unspecified atom stereocenters. The van der Waals surface area contributed by atoms with Crippen molar-refractivity contribution in [2.45, 2.75) is 12.8 Å². The highest BCUT2D eigenvalue weighted by molar-refractivity contribution is 7.17. The average Bonchev–Trinajstić information content (AvgIpc) is 3.81. The van der Waals surface area contributed by atoms with Gasteiger partial charge in [-0.2, -0.15) is 0 Å². The Morgan fingerprint density at radius 1 is 0.568 bits per heavy atom. The molecule has 2 aliphatic rings. The van der Waals surface area contributed by atoms with E-state index in [1.165, 1.54) is 9.80 Å². The predicted octanol–water partition coefficient (Wildman–Crippen LogP) is 7.03. The summed E-state index contributed by atoms with van der Waals surface area (Å²) in [5.74, 6) is -0.927. The number of hydrogen-bond acceptors (Lipinski definition) is 7. The van der Waals surface area contributed by atoms with Gasteiger partial charge in [0.2, 0.25) is 0 Å².